The average Bonchev–Trinajstić information content (AvgIpc) is 3.34. The SMILES string of the molecule is CCOC(=O)C1=C(C)N=c2s/c(=C3\C(=O)N(CC)c4ccccc43)c(=O)n2[C@@H]1/C=C/c1ccccc1. The van der Waals surface area contributed by atoms with Crippen molar-refractivity contribution in [1.82, 2.24) is 4.57 Å². The Bertz CT molecular complexity index is 1610. The number of carbonyl (C=O) groups is 2. The number of hydrogen-bond donors (Lipinski definition) is 0. The number of allylic oxidation sites excluding steroid dienone is 2. The molecule has 1 amide bonds. The molecule has 0 unspecified atom stereocenters. The summed E-state index contributed by atoms with van der Waals surface area (Å²) in [5.74, 6) is -0.722. The summed E-state index contributed by atoms with van der Waals surface area (Å²) in [6.07, 6.45) is 3.69. The van der Waals surface area contributed by atoms with Gasteiger partial charge in [-0.3, -0.25) is 14.2 Å². The fourth-order valence-corrected chi connectivity index (χ4v) is 5.79. The topological polar surface area (TPSA) is 81.0 Å². The van der Waals surface area contributed by atoms with Crippen molar-refractivity contribution in [3.05, 3.63) is 103 Å². The van der Waals surface area contributed by atoms with Gasteiger partial charge in [0.25, 0.3) is 11.5 Å². The second-order valence-corrected chi connectivity index (χ2v) is 9.35. The van der Waals surface area contributed by atoms with E-state index in [9.17, 15) is 14.4 Å². The minimum Gasteiger partial charge on any atom is -0.463 e. The molecule has 0 spiro atoms. The second kappa shape index (κ2) is 9.54. The second-order valence-electron chi connectivity index (χ2n) is 8.38. The number of esters is 1. The van der Waals surface area contributed by atoms with Crippen molar-refractivity contribution in [2.24, 2.45) is 4.99 Å². The molecule has 3 heterocycles. The lowest BCUT2D eigenvalue weighted by Crippen LogP contribution is -2.40. The lowest BCUT2D eigenvalue weighted by atomic mass is 10.0. The van der Waals surface area contributed by atoms with Crippen LogP contribution in [0.2, 0.25) is 0 Å². The van der Waals surface area contributed by atoms with E-state index in [-0.39, 0.29) is 18.1 Å². The van der Waals surface area contributed by atoms with Crippen molar-refractivity contribution in [2.75, 3.05) is 18.1 Å². The largest absolute Gasteiger partial charge is 0.463 e. The zero-order chi connectivity index (χ0) is 25.4. The summed E-state index contributed by atoms with van der Waals surface area (Å²) in [7, 11) is 0. The third-order valence-electron chi connectivity index (χ3n) is 6.27. The van der Waals surface area contributed by atoms with Gasteiger partial charge in [-0.15, -0.1) is 0 Å². The molecule has 2 aliphatic heterocycles. The van der Waals surface area contributed by atoms with Crippen LogP contribution in [0.25, 0.3) is 11.6 Å². The molecule has 2 aliphatic rings. The normalized spacial score (nSPS) is 18.4. The smallest absolute Gasteiger partial charge is 0.338 e. The Labute approximate surface area is 212 Å². The van der Waals surface area contributed by atoms with E-state index in [2.05, 4.69) is 4.99 Å². The summed E-state index contributed by atoms with van der Waals surface area (Å²) in [5, 5.41) is 0. The van der Waals surface area contributed by atoms with E-state index in [1.807, 2.05) is 73.7 Å². The summed E-state index contributed by atoms with van der Waals surface area (Å²) < 4.78 is 7.13. The molecule has 1 aromatic heterocycles. The van der Waals surface area contributed by atoms with Crippen LogP contribution < -0.4 is 19.8 Å². The highest BCUT2D eigenvalue weighted by Gasteiger charge is 2.35. The maximum Gasteiger partial charge on any atom is 0.338 e. The first-order valence-corrected chi connectivity index (χ1v) is 12.6. The molecule has 0 aliphatic carbocycles. The fourth-order valence-electron chi connectivity index (χ4n) is 4.65. The number of benzene rings is 2. The molecule has 0 saturated carbocycles. The first-order chi connectivity index (χ1) is 17.5. The number of amides is 1. The molecule has 7 nitrogen and oxygen atoms in total. The first kappa shape index (κ1) is 23.7. The van der Waals surface area contributed by atoms with E-state index in [0.29, 0.717) is 32.7 Å². The van der Waals surface area contributed by atoms with E-state index >= 15 is 0 Å². The van der Waals surface area contributed by atoms with Crippen LogP contribution in [-0.4, -0.2) is 29.6 Å². The number of para-hydroxylation sites is 1. The highest BCUT2D eigenvalue weighted by molar-refractivity contribution is 7.07. The predicted molar refractivity (Wildman–Crippen MR) is 140 cm³/mol. The summed E-state index contributed by atoms with van der Waals surface area (Å²) in [6.45, 7) is 6.08. The van der Waals surface area contributed by atoms with Gasteiger partial charge in [0.15, 0.2) is 4.80 Å². The van der Waals surface area contributed by atoms with Crippen LogP contribution in [-0.2, 0) is 14.3 Å². The van der Waals surface area contributed by atoms with E-state index in [4.69, 9.17) is 4.74 Å². The Morgan fingerprint density at radius 1 is 1.08 bits per heavy atom. The first-order valence-electron chi connectivity index (χ1n) is 11.8. The number of anilines is 1. The molecule has 0 fully saturated rings. The van der Waals surface area contributed by atoms with Crippen LogP contribution >= 0.6 is 11.3 Å². The van der Waals surface area contributed by atoms with Crippen molar-refractivity contribution >= 4 is 40.5 Å². The highest BCUT2D eigenvalue weighted by Crippen LogP contribution is 2.35. The van der Waals surface area contributed by atoms with Crippen LogP contribution in [0.4, 0.5) is 5.69 Å². The number of rotatable bonds is 5. The van der Waals surface area contributed by atoms with Gasteiger partial charge < -0.3 is 9.64 Å². The van der Waals surface area contributed by atoms with Gasteiger partial charge in [-0.2, -0.15) is 0 Å². The van der Waals surface area contributed by atoms with Gasteiger partial charge in [-0.1, -0.05) is 72.0 Å². The zero-order valence-corrected chi connectivity index (χ0v) is 21.0. The number of aromatic nitrogens is 1. The molecule has 1 atom stereocenters. The van der Waals surface area contributed by atoms with E-state index in [1.54, 1.807) is 18.7 Å². The molecule has 0 radical (unpaired) electrons. The molecule has 0 N–H and O–H groups in total. The maximum atomic E-state index is 13.9. The predicted octanol–water partition coefficient (Wildman–Crippen LogP) is 3.20. The van der Waals surface area contributed by atoms with Crippen LogP contribution in [0.1, 0.15) is 37.9 Å². The number of likely N-dealkylation sites (N-methyl/N-ethyl adjacent to an activating group) is 1. The highest BCUT2D eigenvalue weighted by atomic mass is 32.1. The van der Waals surface area contributed by atoms with Gasteiger partial charge in [0, 0.05) is 12.1 Å². The van der Waals surface area contributed by atoms with Crippen LogP contribution in [0.5, 0.6) is 0 Å². The van der Waals surface area contributed by atoms with Crippen molar-refractivity contribution < 1.29 is 14.3 Å². The molecule has 3 aromatic rings. The van der Waals surface area contributed by atoms with E-state index < -0.39 is 12.0 Å². The van der Waals surface area contributed by atoms with Gasteiger partial charge in [0.05, 0.1) is 35.2 Å². The minimum atomic E-state index is -0.719. The number of ether oxygens (including phenoxy) is 1. The van der Waals surface area contributed by atoms with Crippen LogP contribution in [0, 0.1) is 0 Å². The van der Waals surface area contributed by atoms with Gasteiger partial charge in [-0.25, -0.2) is 9.79 Å². The zero-order valence-electron chi connectivity index (χ0n) is 20.2. The maximum absolute atomic E-state index is 13.9. The van der Waals surface area contributed by atoms with Crippen LogP contribution in [0.3, 0.4) is 0 Å². The third kappa shape index (κ3) is 3.83. The molecule has 5 rings (SSSR count). The van der Waals surface area contributed by atoms with Gasteiger partial charge >= 0.3 is 5.97 Å². The quantitative estimate of drug-likeness (QED) is 0.505. The Kier molecular flexibility index (Phi) is 6.28. The summed E-state index contributed by atoms with van der Waals surface area (Å²) in [5.41, 5.74) is 3.26. The molecular formula is C28H25N3O4S. The molecule has 2 aromatic carbocycles. The molecule has 8 heteroatoms. The Morgan fingerprint density at radius 3 is 2.53 bits per heavy atom. The molecule has 0 saturated heterocycles. The lowest BCUT2D eigenvalue weighted by molar-refractivity contribution is -0.139. The number of nitrogens with zero attached hydrogens (tertiary/aromatic N) is 3. The van der Waals surface area contributed by atoms with Crippen molar-refractivity contribution in [3.63, 3.8) is 0 Å². The van der Waals surface area contributed by atoms with E-state index in [0.717, 1.165) is 16.8 Å². The summed E-state index contributed by atoms with van der Waals surface area (Å²) in [4.78, 5) is 47.0. The molecular weight excluding hydrogens is 474 g/mol. The fraction of sp³-hybridized carbons (Fsp3) is 0.214. The lowest BCUT2D eigenvalue weighted by Gasteiger charge is -2.21. The number of fused-ring (bicyclic) bond motifs is 2. The van der Waals surface area contributed by atoms with Crippen molar-refractivity contribution in [3.8, 4) is 0 Å². The Balaban J connectivity index is 1.76. The van der Waals surface area contributed by atoms with E-state index in [1.165, 1.54) is 15.9 Å². The molecule has 0 bridgehead atoms. The number of hydrogen-bond acceptors (Lipinski definition) is 6. The van der Waals surface area contributed by atoms with Crippen molar-refractivity contribution in [1.29, 1.82) is 0 Å². The summed E-state index contributed by atoms with van der Waals surface area (Å²) in [6, 6.07) is 16.4. The molecule has 36 heavy (non-hydrogen) atoms. The van der Waals surface area contributed by atoms with Gasteiger partial charge in [0.1, 0.15) is 4.53 Å². The third-order valence-corrected chi connectivity index (χ3v) is 7.33. The summed E-state index contributed by atoms with van der Waals surface area (Å²) >= 11 is 1.17. The van der Waals surface area contributed by atoms with Gasteiger partial charge in [0.2, 0.25) is 0 Å². The number of carbonyl (C=O) groups excluding carboxylic acids is 2. The standard InChI is InChI=1S/C28H25N3O4S/c1-4-30-20-14-10-9-13-19(20)23(25(30)32)24-26(33)31-21(16-15-18-11-7-6-8-12-18)22(27(34)35-5-2)17(3)29-28(31)36-24/h6-16,21H,4-5H2,1-3H3/b16-15+,24-23-/t21-/m1/s1. The Morgan fingerprint density at radius 2 is 1.81 bits per heavy atom. The average molecular weight is 500 g/mol. The van der Waals surface area contributed by atoms with Crippen molar-refractivity contribution in [2.45, 2.75) is 26.8 Å². The number of thiazole rings is 1. The Hall–Kier alpha value is -4.04. The monoisotopic (exact) mass is 499 g/mol. The minimum absolute atomic E-state index is 0.206. The van der Waals surface area contributed by atoms with Gasteiger partial charge in [-0.05, 0) is 32.4 Å². The molecule has 182 valence electrons. The van der Waals surface area contributed by atoms with Crippen LogP contribution in [0.15, 0.2) is 81.7 Å².